The average Bonchev–Trinajstić information content (AvgIpc) is 3.23. The molecule has 1 atom stereocenters. The normalized spacial score (nSPS) is 16.1. The minimum atomic E-state index is 0. The number of aromatic hydroxyl groups is 1. The molecule has 0 aliphatic carbocycles. The lowest BCUT2D eigenvalue weighted by molar-refractivity contribution is 0.321. The minimum Gasteiger partial charge on any atom is -0.504 e. The molecule has 9 heteroatoms. The number of nitrogens with zero attached hydrogens (tertiary/aromatic N) is 2. The Hall–Kier alpha value is -2.40. The second-order valence-electron chi connectivity index (χ2n) is 7.79. The van der Waals surface area contributed by atoms with E-state index in [-0.39, 0.29) is 29.7 Å². The first-order chi connectivity index (χ1) is 15.5. The summed E-state index contributed by atoms with van der Waals surface area (Å²) in [6.07, 6.45) is 1.04. The summed E-state index contributed by atoms with van der Waals surface area (Å²) < 4.78 is 15.9. The summed E-state index contributed by atoms with van der Waals surface area (Å²) >= 11 is 0. The molecule has 1 unspecified atom stereocenters. The van der Waals surface area contributed by atoms with Crippen LogP contribution in [0.5, 0.6) is 23.0 Å². The molecule has 2 aromatic rings. The zero-order valence-electron chi connectivity index (χ0n) is 19.8. The van der Waals surface area contributed by atoms with Crippen molar-refractivity contribution in [3.8, 4) is 23.0 Å². The van der Waals surface area contributed by atoms with Crippen LogP contribution in [0.4, 0.5) is 0 Å². The monoisotopic (exact) mass is 570 g/mol. The third-order valence-electron chi connectivity index (χ3n) is 5.44. The van der Waals surface area contributed by atoms with Gasteiger partial charge in [-0.1, -0.05) is 6.07 Å². The van der Waals surface area contributed by atoms with Gasteiger partial charge in [-0.15, -0.1) is 24.0 Å². The molecule has 1 aliphatic rings. The summed E-state index contributed by atoms with van der Waals surface area (Å²) in [6.45, 7) is 6.06. The highest BCUT2D eigenvalue weighted by molar-refractivity contribution is 14.0. The SMILES string of the molecule is CCNC(=NCc1ccc(OC)c(O)c1)NC1CCN(Cc2cc(OC)cc(OC)c2)C1.I. The van der Waals surface area contributed by atoms with Crippen molar-refractivity contribution < 1.29 is 19.3 Å². The summed E-state index contributed by atoms with van der Waals surface area (Å²) in [5.41, 5.74) is 2.09. The highest BCUT2D eigenvalue weighted by Gasteiger charge is 2.23. The van der Waals surface area contributed by atoms with E-state index in [0.717, 1.165) is 55.6 Å². The summed E-state index contributed by atoms with van der Waals surface area (Å²) in [6, 6.07) is 11.7. The molecule has 0 aromatic heterocycles. The Kier molecular flexibility index (Phi) is 10.9. The van der Waals surface area contributed by atoms with Gasteiger partial charge >= 0.3 is 0 Å². The van der Waals surface area contributed by atoms with Crippen LogP contribution in [0.15, 0.2) is 41.4 Å². The number of ether oxygens (including phenoxy) is 3. The average molecular weight is 570 g/mol. The van der Waals surface area contributed by atoms with Crippen molar-refractivity contribution in [1.82, 2.24) is 15.5 Å². The molecular formula is C24H35IN4O4. The smallest absolute Gasteiger partial charge is 0.191 e. The maximum atomic E-state index is 9.98. The van der Waals surface area contributed by atoms with Crippen molar-refractivity contribution in [3.05, 3.63) is 47.5 Å². The highest BCUT2D eigenvalue weighted by atomic mass is 127. The molecule has 3 N–H and O–H groups in total. The van der Waals surface area contributed by atoms with Gasteiger partial charge in [0, 0.05) is 38.3 Å². The van der Waals surface area contributed by atoms with Crippen LogP contribution in [0.25, 0.3) is 0 Å². The summed E-state index contributed by atoms with van der Waals surface area (Å²) in [5.74, 6) is 2.97. The fourth-order valence-corrected chi connectivity index (χ4v) is 3.83. The van der Waals surface area contributed by atoms with Crippen LogP contribution < -0.4 is 24.8 Å². The Morgan fingerprint density at radius 1 is 1.06 bits per heavy atom. The largest absolute Gasteiger partial charge is 0.504 e. The molecule has 33 heavy (non-hydrogen) atoms. The zero-order valence-corrected chi connectivity index (χ0v) is 22.1. The predicted octanol–water partition coefficient (Wildman–Crippen LogP) is 3.37. The third kappa shape index (κ3) is 7.85. The lowest BCUT2D eigenvalue weighted by Gasteiger charge is -2.19. The van der Waals surface area contributed by atoms with Crippen LogP contribution >= 0.6 is 24.0 Å². The van der Waals surface area contributed by atoms with Crippen LogP contribution in [0.1, 0.15) is 24.5 Å². The lowest BCUT2D eigenvalue weighted by atomic mass is 10.2. The van der Waals surface area contributed by atoms with E-state index in [2.05, 4.69) is 32.7 Å². The first-order valence-electron chi connectivity index (χ1n) is 10.9. The van der Waals surface area contributed by atoms with E-state index in [0.29, 0.717) is 18.3 Å². The number of aliphatic imine (C=N–C) groups is 1. The number of nitrogens with one attached hydrogen (secondary N) is 2. The van der Waals surface area contributed by atoms with Crippen molar-refractivity contribution in [2.75, 3.05) is 41.0 Å². The lowest BCUT2D eigenvalue weighted by Crippen LogP contribution is -2.44. The number of guanidine groups is 1. The quantitative estimate of drug-likeness (QED) is 0.242. The van der Waals surface area contributed by atoms with Gasteiger partial charge < -0.3 is 30.0 Å². The Bertz CT molecular complexity index is 903. The number of methoxy groups -OCH3 is 3. The summed E-state index contributed by atoms with van der Waals surface area (Å²) in [7, 11) is 4.88. The van der Waals surface area contributed by atoms with Gasteiger partial charge in [-0.05, 0) is 48.7 Å². The number of likely N-dealkylation sites (tertiary alicyclic amines) is 1. The number of halogens is 1. The Labute approximate surface area is 213 Å². The van der Waals surface area contributed by atoms with Gasteiger partial charge in [-0.3, -0.25) is 4.90 Å². The Morgan fingerprint density at radius 3 is 2.39 bits per heavy atom. The Morgan fingerprint density at radius 2 is 1.79 bits per heavy atom. The fourth-order valence-electron chi connectivity index (χ4n) is 3.83. The number of rotatable bonds is 9. The number of hydrogen-bond donors (Lipinski definition) is 3. The molecule has 0 saturated carbocycles. The van der Waals surface area contributed by atoms with E-state index in [9.17, 15) is 5.11 Å². The van der Waals surface area contributed by atoms with Crippen molar-refractivity contribution in [2.24, 2.45) is 4.99 Å². The van der Waals surface area contributed by atoms with Crippen LogP contribution in [0.2, 0.25) is 0 Å². The molecule has 3 rings (SSSR count). The molecule has 182 valence electrons. The number of phenolic OH excluding ortho intramolecular Hbond substituents is 1. The molecule has 0 bridgehead atoms. The van der Waals surface area contributed by atoms with E-state index in [1.54, 1.807) is 26.4 Å². The molecule has 1 aliphatic heterocycles. The standard InChI is InChI=1S/C24H34N4O4.HI/c1-5-25-24(26-14-17-6-7-23(32-4)22(29)12-17)27-19-8-9-28(16-19)15-18-10-20(30-2)13-21(11-18)31-3;/h6-7,10-13,19,29H,5,8-9,14-16H2,1-4H3,(H2,25,26,27);1H. The second kappa shape index (κ2) is 13.3. The van der Waals surface area contributed by atoms with Gasteiger partial charge in [0.05, 0.1) is 27.9 Å². The van der Waals surface area contributed by atoms with Crippen LogP contribution in [0.3, 0.4) is 0 Å². The molecule has 0 amide bonds. The topological polar surface area (TPSA) is 87.6 Å². The highest BCUT2D eigenvalue weighted by Crippen LogP contribution is 2.27. The number of phenols is 1. The van der Waals surface area contributed by atoms with Gasteiger partial charge in [0.25, 0.3) is 0 Å². The van der Waals surface area contributed by atoms with E-state index < -0.39 is 0 Å². The zero-order chi connectivity index (χ0) is 22.9. The Balaban J connectivity index is 0.00000385. The van der Waals surface area contributed by atoms with Crippen LogP contribution in [0, 0.1) is 0 Å². The number of benzene rings is 2. The maximum Gasteiger partial charge on any atom is 0.191 e. The molecule has 0 radical (unpaired) electrons. The molecule has 2 aromatic carbocycles. The van der Waals surface area contributed by atoms with Crippen molar-refractivity contribution >= 4 is 29.9 Å². The molecule has 1 heterocycles. The first kappa shape index (κ1) is 26.8. The van der Waals surface area contributed by atoms with Crippen molar-refractivity contribution in [2.45, 2.75) is 32.5 Å². The summed E-state index contributed by atoms with van der Waals surface area (Å²) in [5, 5.41) is 16.8. The van der Waals surface area contributed by atoms with Crippen molar-refractivity contribution in [1.29, 1.82) is 0 Å². The summed E-state index contributed by atoms with van der Waals surface area (Å²) in [4.78, 5) is 7.10. The molecule has 0 spiro atoms. The van der Waals surface area contributed by atoms with Gasteiger partial charge in [0.15, 0.2) is 17.5 Å². The maximum absolute atomic E-state index is 9.98. The van der Waals surface area contributed by atoms with Crippen LogP contribution in [-0.4, -0.2) is 63.0 Å². The second-order valence-corrected chi connectivity index (χ2v) is 7.79. The molecule has 8 nitrogen and oxygen atoms in total. The third-order valence-corrected chi connectivity index (χ3v) is 5.44. The fraction of sp³-hybridized carbons (Fsp3) is 0.458. The number of hydrogen-bond acceptors (Lipinski definition) is 6. The van der Waals surface area contributed by atoms with Gasteiger partial charge in [0.1, 0.15) is 11.5 Å². The van der Waals surface area contributed by atoms with Gasteiger partial charge in [-0.25, -0.2) is 4.99 Å². The van der Waals surface area contributed by atoms with E-state index in [1.807, 2.05) is 19.1 Å². The molecular weight excluding hydrogens is 535 g/mol. The van der Waals surface area contributed by atoms with E-state index in [4.69, 9.17) is 14.2 Å². The molecule has 1 fully saturated rings. The first-order valence-corrected chi connectivity index (χ1v) is 10.9. The van der Waals surface area contributed by atoms with E-state index >= 15 is 0 Å². The van der Waals surface area contributed by atoms with Crippen LogP contribution in [-0.2, 0) is 13.1 Å². The van der Waals surface area contributed by atoms with E-state index in [1.165, 1.54) is 12.7 Å². The predicted molar refractivity (Wildman–Crippen MR) is 141 cm³/mol. The van der Waals surface area contributed by atoms with Gasteiger partial charge in [0.2, 0.25) is 0 Å². The van der Waals surface area contributed by atoms with Crippen molar-refractivity contribution in [3.63, 3.8) is 0 Å². The molecule has 1 saturated heterocycles. The minimum absolute atomic E-state index is 0. The van der Waals surface area contributed by atoms with Gasteiger partial charge in [-0.2, -0.15) is 0 Å².